The fourth-order valence-corrected chi connectivity index (χ4v) is 2.71. The summed E-state index contributed by atoms with van der Waals surface area (Å²) in [5.41, 5.74) is 3.97. The Balaban J connectivity index is 3.07. The van der Waals surface area contributed by atoms with Crippen molar-refractivity contribution in [1.82, 2.24) is 15.0 Å². The highest BCUT2D eigenvalue weighted by Crippen LogP contribution is 2.34. The van der Waals surface area contributed by atoms with Gasteiger partial charge in [-0.25, -0.2) is 0 Å². The van der Waals surface area contributed by atoms with Crippen LogP contribution in [0.2, 0.25) is 0 Å². The Labute approximate surface area is 102 Å². The van der Waals surface area contributed by atoms with Gasteiger partial charge in [-0.3, -0.25) is 11.3 Å². The van der Waals surface area contributed by atoms with Crippen molar-refractivity contribution in [2.45, 2.75) is 52.5 Å². The lowest BCUT2D eigenvalue weighted by molar-refractivity contribution is 0.380. The molecule has 3 N–H and O–H groups in total. The average molecular weight is 242 g/mol. The van der Waals surface area contributed by atoms with Gasteiger partial charge >= 0.3 is 0 Å². The van der Waals surface area contributed by atoms with Crippen molar-refractivity contribution >= 4 is 11.5 Å². The van der Waals surface area contributed by atoms with Gasteiger partial charge in [0.15, 0.2) is 0 Å². The summed E-state index contributed by atoms with van der Waals surface area (Å²) in [6, 6.07) is 0.152. The zero-order valence-corrected chi connectivity index (χ0v) is 11.6. The normalized spacial score (nSPS) is 16.1. The molecule has 0 saturated carbocycles. The van der Waals surface area contributed by atoms with Crippen molar-refractivity contribution in [3.8, 4) is 0 Å². The van der Waals surface area contributed by atoms with Gasteiger partial charge in [0.2, 0.25) is 0 Å². The van der Waals surface area contributed by atoms with E-state index in [2.05, 4.69) is 49.6 Å². The summed E-state index contributed by atoms with van der Waals surface area (Å²) < 4.78 is 4.07. The molecular formula is C11H22N4S. The summed E-state index contributed by atoms with van der Waals surface area (Å²) in [6.07, 6.45) is 1.08. The van der Waals surface area contributed by atoms with E-state index < -0.39 is 0 Å². The predicted octanol–water partition coefficient (Wildman–Crippen LogP) is 2.39. The molecule has 0 aliphatic carbocycles. The lowest BCUT2D eigenvalue weighted by atomic mass is 9.87. The highest BCUT2D eigenvalue weighted by Gasteiger charge is 2.28. The maximum absolute atomic E-state index is 5.65. The summed E-state index contributed by atoms with van der Waals surface area (Å²) in [6.45, 7) is 10.8. The molecule has 0 radical (unpaired) electrons. The number of nitrogens with zero attached hydrogens (tertiary/aromatic N) is 2. The number of nitrogens with one attached hydrogen (secondary N) is 1. The van der Waals surface area contributed by atoms with Crippen molar-refractivity contribution in [3.63, 3.8) is 0 Å². The molecule has 1 heterocycles. The molecule has 16 heavy (non-hydrogen) atoms. The van der Waals surface area contributed by atoms with E-state index in [0.29, 0.717) is 5.92 Å². The smallest absolute Gasteiger partial charge is 0.0857 e. The zero-order valence-electron chi connectivity index (χ0n) is 10.7. The summed E-state index contributed by atoms with van der Waals surface area (Å²) in [5, 5.41) is 4.25. The molecule has 0 saturated heterocycles. The summed E-state index contributed by atoms with van der Waals surface area (Å²) in [4.78, 5) is 1.17. The number of nitrogens with two attached hydrogens (primary N) is 1. The first-order chi connectivity index (χ1) is 7.41. The molecule has 0 aliphatic heterocycles. The van der Waals surface area contributed by atoms with Crippen molar-refractivity contribution in [1.29, 1.82) is 0 Å². The number of rotatable bonds is 4. The monoisotopic (exact) mass is 242 g/mol. The highest BCUT2D eigenvalue weighted by atomic mass is 32.1. The molecule has 1 rings (SSSR count). The molecule has 0 aromatic carbocycles. The van der Waals surface area contributed by atoms with Gasteiger partial charge in [-0.05, 0) is 17.5 Å². The van der Waals surface area contributed by atoms with Gasteiger partial charge in [-0.15, -0.1) is 5.10 Å². The topological polar surface area (TPSA) is 63.8 Å². The largest absolute Gasteiger partial charge is 0.271 e. The van der Waals surface area contributed by atoms with E-state index in [4.69, 9.17) is 5.84 Å². The third-order valence-corrected chi connectivity index (χ3v) is 3.71. The molecule has 92 valence electrons. The molecule has 0 amide bonds. The SMILES string of the molecule is CCC(C)C(NN)c1snnc1C(C)(C)C. The molecule has 0 fully saturated rings. The number of hydrazine groups is 1. The molecule has 5 heteroatoms. The molecule has 1 aromatic heterocycles. The molecule has 2 unspecified atom stereocenters. The van der Waals surface area contributed by atoms with Crippen LogP contribution in [0.1, 0.15) is 57.7 Å². The van der Waals surface area contributed by atoms with Gasteiger partial charge in [0.05, 0.1) is 16.6 Å². The predicted molar refractivity (Wildman–Crippen MR) is 68.1 cm³/mol. The summed E-state index contributed by atoms with van der Waals surface area (Å²) in [5.74, 6) is 6.13. The third-order valence-electron chi connectivity index (χ3n) is 2.90. The van der Waals surface area contributed by atoms with E-state index in [-0.39, 0.29) is 11.5 Å². The maximum Gasteiger partial charge on any atom is 0.0857 e. The molecule has 1 aromatic rings. The lowest BCUT2D eigenvalue weighted by Crippen LogP contribution is -2.33. The Morgan fingerprint density at radius 1 is 1.44 bits per heavy atom. The van der Waals surface area contributed by atoms with Gasteiger partial charge < -0.3 is 0 Å². The first-order valence-electron chi connectivity index (χ1n) is 5.70. The Morgan fingerprint density at radius 2 is 2.06 bits per heavy atom. The van der Waals surface area contributed by atoms with Gasteiger partial charge in [0.25, 0.3) is 0 Å². The van der Waals surface area contributed by atoms with Crippen LogP contribution < -0.4 is 11.3 Å². The van der Waals surface area contributed by atoms with Crippen molar-refractivity contribution in [3.05, 3.63) is 10.6 Å². The van der Waals surface area contributed by atoms with E-state index in [0.717, 1.165) is 12.1 Å². The van der Waals surface area contributed by atoms with E-state index in [1.54, 1.807) is 0 Å². The van der Waals surface area contributed by atoms with Crippen LogP contribution in [0.3, 0.4) is 0 Å². The van der Waals surface area contributed by atoms with Crippen LogP contribution in [0.25, 0.3) is 0 Å². The maximum atomic E-state index is 5.65. The second-order valence-corrected chi connectivity index (χ2v) is 6.05. The first-order valence-corrected chi connectivity index (χ1v) is 6.48. The Hall–Kier alpha value is -0.520. The van der Waals surface area contributed by atoms with Crippen molar-refractivity contribution in [2.24, 2.45) is 11.8 Å². The van der Waals surface area contributed by atoms with Gasteiger partial charge in [0.1, 0.15) is 0 Å². The second-order valence-electron chi connectivity index (χ2n) is 5.27. The summed E-state index contributed by atoms with van der Waals surface area (Å²) >= 11 is 1.45. The zero-order chi connectivity index (χ0) is 12.3. The second kappa shape index (κ2) is 5.21. The molecule has 4 nitrogen and oxygen atoms in total. The van der Waals surface area contributed by atoms with Crippen LogP contribution >= 0.6 is 11.5 Å². The fourth-order valence-electron chi connectivity index (χ4n) is 1.66. The molecule has 0 bridgehead atoms. The lowest BCUT2D eigenvalue weighted by Gasteiger charge is -2.24. The van der Waals surface area contributed by atoms with Gasteiger partial charge in [-0.2, -0.15) is 0 Å². The number of hydrogen-bond acceptors (Lipinski definition) is 5. The highest BCUT2D eigenvalue weighted by molar-refractivity contribution is 7.05. The van der Waals surface area contributed by atoms with Crippen LogP contribution in [0, 0.1) is 5.92 Å². The van der Waals surface area contributed by atoms with E-state index in [1.807, 2.05) is 0 Å². The Bertz CT molecular complexity index is 329. The van der Waals surface area contributed by atoms with E-state index >= 15 is 0 Å². The van der Waals surface area contributed by atoms with Gasteiger partial charge in [0, 0.05) is 5.41 Å². The Kier molecular flexibility index (Phi) is 4.41. The standard InChI is InChI=1S/C11H22N4S/c1-6-7(2)8(13-12)9-10(11(3,4)5)14-15-16-9/h7-8,13H,6,12H2,1-5H3. The van der Waals surface area contributed by atoms with Gasteiger partial charge in [-0.1, -0.05) is 45.5 Å². The molecule has 0 aliphatic rings. The molecule has 0 spiro atoms. The van der Waals surface area contributed by atoms with Crippen LogP contribution in [0.15, 0.2) is 0 Å². The van der Waals surface area contributed by atoms with Crippen molar-refractivity contribution in [2.75, 3.05) is 0 Å². The van der Waals surface area contributed by atoms with Crippen LogP contribution in [-0.4, -0.2) is 9.59 Å². The van der Waals surface area contributed by atoms with E-state index in [1.165, 1.54) is 16.4 Å². The average Bonchev–Trinajstić information content (AvgIpc) is 2.67. The molecule has 2 atom stereocenters. The van der Waals surface area contributed by atoms with Crippen LogP contribution in [0.5, 0.6) is 0 Å². The minimum Gasteiger partial charge on any atom is -0.271 e. The summed E-state index contributed by atoms with van der Waals surface area (Å²) in [7, 11) is 0. The number of aromatic nitrogens is 2. The minimum atomic E-state index is 0.0187. The number of hydrogen-bond donors (Lipinski definition) is 2. The van der Waals surface area contributed by atoms with Crippen LogP contribution in [-0.2, 0) is 5.41 Å². The molecular weight excluding hydrogens is 220 g/mol. The fraction of sp³-hybridized carbons (Fsp3) is 0.818. The van der Waals surface area contributed by atoms with Crippen LogP contribution in [0.4, 0.5) is 0 Å². The van der Waals surface area contributed by atoms with E-state index in [9.17, 15) is 0 Å². The minimum absolute atomic E-state index is 0.0187. The van der Waals surface area contributed by atoms with Crippen molar-refractivity contribution < 1.29 is 0 Å². The first kappa shape index (κ1) is 13.5. The quantitative estimate of drug-likeness (QED) is 0.628. The third kappa shape index (κ3) is 2.78. The Morgan fingerprint density at radius 3 is 2.50 bits per heavy atom.